The normalized spacial score (nSPS) is 12.9. The zero-order chi connectivity index (χ0) is 14.8. The first-order valence-electron chi connectivity index (χ1n) is 6.54. The van der Waals surface area contributed by atoms with E-state index < -0.39 is 0 Å². The monoisotopic (exact) mass is 367 g/mol. The molecule has 0 saturated carbocycles. The minimum atomic E-state index is -0.197. The van der Waals surface area contributed by atoms with E-state index >= 15 is 0 Å². The predicted molar refractivity (Wildman–Crippen MR) is 84.5 cm³/mol. The van der Waals surface area contributed by atoms with Gasteiger partial charge in [0.15, 0.2) is 0 Å². The van der Waals surface area contributed by atoms with E-state index in [0.29, 0.717) is 25.4 Å². The van der Waals surface area contributed by atoms with Gasteiger partial charge >= 0.3 is 0 Å². The highest BCUT2D eigenvalue weighted by atomic mass is 79.9. The van der Waals surface area contributed by atoms with E-state index in [1.54, 1.807) is 5.38 Å². The predicted octanol–water partition coefficient (Wildman–Crippen LogP) is 2.23. The maximum absolute atomic E-state index is 12.1. The van der Waals surface area contributed by atoms with Crippen molar-refractivity contribution in [2.45, 2.75) is 19.5 Å². The molecule has 2 aromatic rings. The Hall–Kier alpha value is -1.44. The van der Waals surface area contributed by atoms with Gasteiger partial charge in [0.2, 0.25) is 0 Å². The smallest absolute Gasteiger partial charge is 0.271 e. The van der Waals surface area contributed by atoms with Crippen molar-refractivity contribution in [3.05, 3.63) is 43.8 Å². The molecule has 3 rings (SSSR count). The van der Waals surface area contributed by atoms with Crippen LogP contribution in [0.15, 0.2) is 22.0 Å². The molecule has 0 bridgehead atoms. The Balaban J connectivity index is 1.72. The van der Waals surface area contributed by atoms with E-state index in [1.165, 1.54) is 16.9 Å². The average Bonchev–Trinajstić information content (AvgIpc) is 3.12. The maximum Gasteiger partial charge on any atom is 0.271 e. The number of hydrogen-bond acceptors (Lipinski definition) is 5. The molecule has 7 heteroatoms. The molecule has 1 aliphatic rings. The lowest BCUT2D eigenvalue weighted by molar-refractivity contribution is 0.0946. The van der Waals surface area contributed by atoms with Crippen LogP contribution in [0.4, 0.5) is 0 Å². The largest absolute Gasteiger partial charge is 0.493 e. The average molecular weight is 368 g/mol. The fourth-order valence-electron chi connectivity index (χ4n) is 2.25. The molecular weight excluding hydrogens is 354 g/mol. The third kappa shape index (κ3) is 3.09. The molecule has 0 atom stereocenters. The van der Waals surface area contributed by atoms with Crippen molar-refractivity contribution < 1.29 is 9.53 Å². The summed E-state index contributed by atoms with van der Waals surface area (Å²) in [6, 6.07) is 4.03. The Labute approximate surface area is 134 Å². The summed E-state index contributed by atoms with van der Waals surface area (Å²) in [5.74, 6) is 0.692. The lowest BCUT2D eigenvalue weighted by Crippen LogP contribution is -2.23. The van der Waals surface area contributed by atoms with Crippen LogP contribution in [0.5, 0.6) is 5.75 Å². The molecule has 2 heterocycles. The molecule has 0 spiro atoms. The van der Waals surface area contributed by atoms with Crippen molar-refractivity contribution in [3.8, 4) is 5.75 Å². The number of nitrogens with two attached hydrogens (primary N) is 1. The van der Waals surface area contributed by atoms with Crippen LogP contribution in [-0.4, -0.2) is 17.5 Å². The van der Waals surface area contributed by atoms with Gasteiger partial charge in [-0.3, -0.25) is 4.79 Å². The van der Waals surface area contributed by atoms with E-state index in [9.17, 15) is 4.79 Å². The van der Waals surface area contributed by atoms with Crippen LogP contribution in [0.25, 0.3) is 0 Å². The summed E-state index contributed by atoms with van der Waals surface area (Å²) in [6.45, 7) is 1.46. The second-order valence-corrected chi connectivity index (χ2v) is 6.52. The molecule has 3 N–H and O–H groups in total. The molecule has 1 aromatic carbocycles. The van der Waals surface area contributed by atoms with E-state index in [1.807, 2.05) is 6.07 Å². The highest BCUT2D eigenvalue weighted by Crippen LogP contribution is 2.32. The minimum absolute atomic E-state index is 0.197. The SMILES string of the molecule is NCc1nc(C(=O)NCc2cc(Br)cc3c2OCC3)cs1. The number of hydrogen-bond donors (Lipinski definition) is 2. The number of carbonyl (C=O) groups is 1. The first kappa shape index (κ1) is 14.5. The first-order chi connectivity index (χ1) is 10.2. The van der Waals surface area contributed by atoms with Crippen molar-refractivity contribution in [2.75, 3.05) is 6.61 Å². The number of carbonyl (C=O) groups excluding carboxylic acids is 1. The van der Waals surface area contributed by atoms with Gasteiger partial charge in [0, 0.05) is 34.9 Å². The van der Waals surface area contributed by atoms with Gasteiger partial charge in [0.25, 0.3) is 5.91 Å². The highest BCUT2D eigenvalue weighted by Gasteiger charge is 2.18. The Bertz CT molecular complexity index is 687. The molecule has 0 saturated heterocycles. The molecule has 0 aliphatic carbocycles. The Morgan fingerprint density at radius 3 is 3.14 bits per heavy atom. The molecule has 1 aliphatic heterocycles. The van der Waals surface area contributed by atoms with Gasteiger partial charge < -0.3 is 15.8 Å². The van der Waals surface area contributed by atoms with Crippen LogP contribution >= 0.6 is 27.3 Å². The molecule has 0 radical (unpaired) electrons. The molecule has 110 valence electrons. The van der Waals surface area contributed by atoms with E-state index in [-0.39, 0.29) is 5.91 Å². The van der Waals surface area contributed by atoms with E-state index in [4.69, 9.17) is 10.5 Å². The van der Waals surface area contributed by atoms with Gasteiger partial charge in [0.1, 0.15) is 16.5 Å². The van der Waals surface area contributed by atoms with Crippen LogP contribution in [0.2, 0.25) is 0 Å². The fraction of sp³-hybridized carbons (Fsp3) is 0.286. The molecule has 5 nitrogen and oxygen atoms in total. The Morgan fingerprint density at radius 1 is 1.52 bits per heavy atom. The number of nitrogens with one attached hydrogen (secondary N) is 1. The van der Waals surface area contributed by atoms with Crippen LogP contribution in [0.3, 0.4) is 0 Å². The van der Waals surface area contributed by atoms with Gasteiger partial charge in [-0.2, -0.15) is 0 Å². The van der Waals surface area contributed by atoms with Gasteiger partial charge in [-0.25, -0.2) is 4.98 Å². The number of rotatable bonds is 4. The fourth-order valence-corrected chi connectivity index (χ4v) is 3.46. The van der Waals surface area contributed by atoms with Crippen molar-refractivity contribution in [1.82, 2.24) is 10.3 Å². The lowest BCUT2D eigenvalue weighted by atomic mass is 10.1. The summed E-state index contributed by atoms with van der Waals surface area (Å²) in [7, 11) is 0. The molecular formula is C14H14BrN3O2S. The summed E-state index contributed by atoms with van der Waals surface area (Å²) >= 11 is 4.88. The number of ether oxygens (including phenoxy) is 1. The second-order valence-electron chi connectivity index (χ2n) is 4.66. The Morgan fingerprint density at radius 2 is 2.38 bits per heavy atom. The molecule has 0 fully saturated rings. The van der Waals surface area contributed by atoms with Crippen LogP contribution in [0.1, 0.15) is 26.6 Å². The van der Waals surface area contributed by atoms with E-state index in [2.05, 4.69) is 32.3 Å². The van der Waals surface area contributed by atoms with Gasteiger partial charge in [-0.15, -0.1) is 11.3 Å². The zero-order valence-electron chi connectivity index (χ0n) is 11.2. The number of benzene rings is 1. The molecule has 21 heavy (non-hydrogen) atoms. The highest BCUT2D eigenvalue weighted by molar-refractivity contribution is 9.10. The summed E-state index contributed by atoms with van der Waals surface area (Å²) in [4.78, 5) is 16.2. The molecule has 1 amide bonds. The van der Waals surface area contributed by atoms with Crippen molar-refractivity contribution in [3.63, 3.8) is 0 Å². The number of thiazole rings is 1. The van der Waals surface area contributed by atoms with Crippen molar-refractivity contribution >= 4 is 33.2 Å². The van der Waals surface area contributed by atoms with Gasteiger partial charge in [-0.1, -0.05) is 15.9 Å². The second kappa shape index (κ2) is 6.13. The lowest BCUT2D eigenvalue weighted by Gasteiger charge is -2.09. The summed E-state index contributed by atoms with van der Waals surface area (Å²) < 4.78 is 6.64. The Kier molecular flexibility index (Phi) is 4.23. The maximum atomic E-state index is 12.1. The number of aromatic nitrogens is 1. The number of amides is 1. The third-order valence-corrected chi connectivity index (χ3v) is 4.55. The minimum Gasteiger partial charge on any atom is -0.493 e. The molecule has 1 aromatic heterocycles. The third-order valence-electron chi connectivity index (χ3n) is 3.22. The van der Waals surface area contributed by atoms with E-state index in [0.717, 1.165) is 27.2 Å². The van der Waals surface area contributed by atoms with Gasteiger partial charge in [-0.05, 0) is 17.7 Å². The topological polar surface area (TPSA) is 77.2 Å². The van der Waals surface area contributed by atoms with Crippen molar-refractivity contribution in [1.29, 1.82) is 0 Å². The number of halogens is 1. The summed E-state index contributed by atoms with van der Waals surface area (Å²) in [6.07, 6.45) is 0.904. The quantitative estimate of drug-likeness (QED) is 0.868. The number of fused-ring (bicyclic) bond motifs is 1. The van der Waals surface area contributed by atoms with Crippen LogP contribution < -0.4 is 15.8 Å². The summed E-state index contributed by atoms with van der Waals surface area (Å²) in [5.41, 5.74) is 8.06. The van der Waals surface area contributed by atoms with Crippen LogP contribution in [-0.2, 0) is 19.5 Å². The summed E-state index contributed by atoms with van der Waals surface area (Å²) in [5, 5.41) is 5.35. The standard InChI is InChI=1S/C14H14BrN3O2S/c15-10-3-8-1-2-20-13(8)9(4-10)6-17-14(19)11-7-21-12(5-16)18-11/h3-4,7H,1-2,5-6,16H2,(H,17,19). The zero-order valence-corrected chi connectivity index (χ0v) is 13.6. The van der Waals surface area contributed by atoms with Crippen molar-refractivity contribution in [2.24, 2.45) is 5.73 Å². The van der Waals surface area contributed by atoms with Crippen LogP contribution in [0, 0.1) is 0 Å². The first-order valence-corrected chi connectivity index (χ1v) is 8.21. The molecule has 0 unspecified atom stereocenters. The number of nitrogens with zero attached hydrogens (tertiary/aromatic N) is 1. The van der Waals surface area contributed by atoms with Gasteiger partial charge in [0.05, 0.1) is 6.61 Å².